The van der Waals surface area contributed by atoms with Gasteiger partial charge < -0.3 is 25.8 Å². The van der Waals surface area contributed by atoms with Crippen molar-refractivity contribution in [3.63, 3.8) is 0 Å². The van der Waals surface area contributed by atoms with Crippen LogP contribution in [-0.2, 0) is 0 Å². The van der Waals surface area contributed by atoms with Gasteiger partial charge in [-0.05, 0) is 43.2 Å². The topological polar surface area (TPSA) is 126 Å². The van der Waals surface area contributed by atoms with Crippen molar-refractivity contribution in [2.45, 2.75) is 18.9 Å². The second-order valence-electron chi connectivity index (χ2n) is 8.13. The Balaban J connectivity index is 1.42. The number of anilines is 2. The van der Waals surface area contributed by atoms with Crippen molar-refractivity contribution in [3.05, 3.63) is 67.0 Å². The number of aromatic nitrogens is 3. The molecule has 0 spiro atoms. The Hall–Kier alpha value is -4.40. The molecule has 172 valence electrons. The third-order valence-corrected chi connectivity index (χ3v) is 5.85. The number of nitrogens with two attached hydrogens (primary N) is 1. The van der Waals surface area contributed by atoms with E-state index in [1.54, 1.807) is 18.5 Å². The molecule has 0 bridgehead atoms. The van der Waals surface area contributed by atoms with Crippen molar-refractivity contribution in [2.75, 3.05) is 24.1 Å². The minimum atomic E-state index is -0.909. The molecule has 9 heteroatoms. The maximum absolute atomic E-state index is 11.3. The normalized spacial score (nSPS) is 15.8. The Morgan fingerprint density at radius 2 is 1.91 bits per heavy atom. The molecule has 1 aliphatic heterocycles. The number of amides is 1. The van der Waals surface area contributed by atoms with Gasteiger partial charge in [0.05, 0.1) is 11.3 Å². The fourth-order valence-corrected chi connectivity index (χ4v) is 4.20. The van der Waals surface area contributed by atoms with E-state index in [4.69, 9.17) is 10.5 Å². The van der Waals surface area contributed by atoms with Crippen LogP contribution in [0.2, 0.25) is 0 Å². The monoisotopic (exact) mass is 456 g/mol. The number of ether oxygens (including phenoxy) is 1. The zero-order valence-corrected chi connectivity index (χ0v) is 18.4. The number of hydrogen-bond donors (Lipinski definition) is 3. The van der Waals surface area contributed by atoms with Crippen LogP contribution in [0.3, 0.4) is 0 Å². The number of carbonyl (C=O) groups is 1. The highest BCUT2D eigenvalue weighted by Crippen LogP contribution is 2.35. The second kappa shape index (κ2) is 9.22. The summed E-state index contributed by atoms with van der Waals surface area (Å²) in [5.74, 6) is 1.49. The largest absolute Gasteiger partial charge is 0.465 e. The predicted molar refractivity (Wildman–Crippen MR) is 130 cm³/mol. The van der Waals surface area contributed by atoms with Gasteiger partial charge in [0.1, 0.15) is 5.75 Å². The number of nitrogens with zero attached hydrogens (tertiary/aromatic N) is 4. The summed E-state index contributed by atoms with van der Waals surface area (Å²) in [6.45, 7) is 0.943. The fraction of sp³-hybridized carbons (Fsp3) is 0.200. The molecule has 0 radical (unpaired) electrons. The van der Waals surface area contributed by atoms with Gasteiger partial charge in [-0.15, -0.1) is 0 Å². The number of likely N-dealkylation sites (tertiary alicyclic amines) is 1. The molecule has 2 aromatic heterocycles. The van der Waals surface area contributed by atoms with Crippen molar-refractivity contribution in [1.29, 1.82) is 0 Å². The number of nitrogens with one attached hydrogen (secondary N) is 1. The fourth-order valence-electron chi connectivity index (χ4n) is 4.20. The van der Waals surface area contributed by atoms with Gasteiger partial charge >= 0.3 is 6.09 Å². The number of nitrogen functional groups attached to an aromatic ring is 1. The SMILES string of the molecule is Nc1cccc2c(Oc3ncccc3-c3ccnc(N[C@H]4CCCN(C(=O)O)C4)n3)cccc12. The van der Waals surface area contributed by atoms with Gasteiger partial charge in [0.25, 0.3) is 0 Å². The van der Waals surface area contributed by atoms with Gasteiger partial charge in [0.15, 0.2) is 0 Å². The summed E-state index contributed by atoms with van der Waals surface area (Å²) in [6, 6.07) is 16.9. The summed E-state index contributed by atoms with van der Waals surface area (Å²) < 4.78 is 6.24. The molecule has 4 N–H and O–H groups in total. The van der Waals surface area contributed by atoms with Crippen molar-refractivity contribution in [1.82, 2.24) is 19.9 Å². The molecule has 1 amide bonds. The third kappa shape index (κ3) is 4.40. The number of piperidine rings is 1. The van der Waals surface area contributed by atoms with Crippen LogP contribution in [0.5, 0.6) is 11.6 Å². The summed E-state index contributed by atoms with van der Waals surface area (Å²) in [5, 5.41) is 14.4. The lowest BCUT2D eigenvalue weighted by Gasteiger charge is -2.31. The zero-order valence-electron chi connectivity index (χ0n) is 18.4. The lowest BCUT2D eigenvalue weighted by atomic mass is 10.1. The Bertz CT molecular complexity index is 1350. The highest BCUT2D eigenvalue weighted by atomic mass is 16.5. The molecule has 9 nitrogen and oxygen atoms in total. The molecular weight excluding hydrogens is 432 g/mol. The number of pyridine rings is 1. The molecule has 2 aromatic carbocycles. The maximum Gasteiger partial charge on any atom is 0.407 e. The van der Waals surface area contributed by atoms with Crippen molar-refractivity contribution in [2.24, 2.45) is 0 Å². The van der Waals surface area contributed by atoms with E-state index >= 15 is 0 Å². The highest BCUT2D eigenvalue weighted by molar-refractivity contribution is 5.97. The molecular formula is C25H24N6O3. The number of benzene rings is 2. The molecule has 1 atom stereocenters. The number of hydrogen-bond acceptors (Lipinski definition) is 7. The van der Waals surface area contributed by atoms with E-state index in [2.05, 4.69) is 20.3 Å². The minimum absolute atomic E-state index is 0.0501. The van der Waals surface area contributed by atoms with Gasteiger partial charge in [-0.2, -0.15) is 0 Å². The van der Waals surface area contributed by atoms with E-state index in [0.717, 1.165) is 23.6 Å². The first-order valence-electron chi connectivity index (χ1n) is 11.1. The van der Waals surface area contributed by atoms with Crippen LogP contribution in [0.1, 0.15) is 12.8 Å². The van der Waals surface area contributed by atoms with Crippen LogP contribution < -0.4 is 15.8 Å². The average molecular weight is 457 g/mol. The summed E-state index contributed by atoms with van der Waals surface area (Å²) in [6.07, 6.45) is 4.07. The van der Waals surface area contributed by atoms with E-state index in [9.17, 15) is 9.90 Å². The zero-order chi connectivity index (χ0) is 23.5. The highest BCUT2D eigenvalue weighted by Gasteiger charge is 2.24. The molecule has 5 rings (SSSR count). The first-order chi connectivity index (χ1) is 16.6. The summed E-state index contributed by atoms with van der Waals surface area (Å²) in [4.78, 5) is 26.2. The Kier molecular flexibility index (Phi) is 5.82. The third-order valence-electron chi connectivity index (χ3n) is 5.85. The standard InChI is InChI=1S/C25H24N6O3/c26-20-9-1-7-18-17(20)6-2-10-22(18)34-23-19(8-3-12-27-23)21-11-13-28-24(30-21)29-16-5-4-14-31(15-16)25(32)33/h1-3,6-13,16H,4-5,14-15,26H2,(H,32,33)(H,28,29,30)/t16-/m0/s1. The molecule has 0 saturated carbocycles. The number of fused-ring (bicyclic) bond motifs is 1. The lowest BCUT2D eigenvalue weighted by Crippen LogP contribution is -2.44. The summed E-state index contributed by atoms with van der Waals surface area (Å²) >= 11 is 0. The van der Waals surface area contributed by atoms with Crippen LogP contribution in [0.4, 0.5) is 16.4 Å². The molecule has 1 saturated heterocycles. The van der Waals surface area contributed by atoms with Crippen molar-refractivity contribution in [3.8, 4) is 22.9 Å². The summed E-state index contributed by atoms with van der Waals surface area (Å²) in [5.41, 5.74) is 8.17. The van der Waals surface area contributed by atoms with Gasteiger partial charge in [-0.3, -0.25) is 0 Å². The summed E-state index contributed by atoms with van der Waals surface area (Å²) in [7, 11) is 0. The Labute approximate surface area is 196 Å². The van der Waals surface area contributed by atoms with Gasteiger partial charge in [-0.25, -0.2) is 19.7 Å². The number of carboxylic acid groups (broad SMARTS) is 1. The molecule has 4 aromatic rings. The Morgan fingerprint density at radius 1 is 1.06 bits per heavy atom. The van der Waals surface area contributed by atoms with Crippen LogP contribution in [-0.4, -0.2) is 50.2 Å². The van der Waals surface area contributed by atoms with E-state index in [1.807, 2.05) is 48.5 Å². The quantitative estimate of drug-likeness (QED) is 0.371. The first-order valence-corrected chi connectivity index (χ1v) is 11.1. The molecule has 3 heterocycles. The van der Waals surface area contributed by atoms with Crippen LogP contribution in [0.15, 0.2) is 67.0 Å². The van der Waals surface area contributed by atoms with Crippen molar-refractivity contribution >= 4 is 28.5 Å². The van der Waals surface area contributed by atoms with E-state index in [0.29, 0.717) is 47.6 Å². The van der Waals surface area contributed by atoms with Crippen molar-refractivity contribution < 1.29 is 14.6 Å². The smallest absolute Gasteiger partial charge is 0.407 e. The van der Waals surface area contributed by atoms with Crippen LogP contribution in [0.25, 0.3) is 22.0 Å². The lowest BCUT2D eigenvalue weighted by molar-refractivity contribution is 0.132. The number of rotatable bonds is 5. The van der Waals surface area contributed by atoms with E-state index < -0.39 is 6.09 Å². The molecule has 34 heavy (non-hydrogen) atoms. The van der Waals surface area contributed by atoms with Gasteiger partial charge in [0, 0.05) is 48.0 Å². The minimum Gasteiger partial charge on any atom is -0.465 e. The molecule has 1 aliphatic rings. The Morgan fingerprint density at radius 3 is 2.79 bits per heavy atom. The predicted octanol–water partition coefficient (Wildman–Crippen LogP) is 4.62. The maximum atomic E-state index is 11.3. The van der Waals surface area contributed by atoms with Crippen LogP contribution >= 0.6 is 0 Å². The van der Waals surface area contributed by atoms with E-state index in [-0.39, 0.29) is 6.04 Å². The van der Waals surface area contributed by atoms with Gasteiger partial charge in [-0.1, -0.05) is 24.3 Å². The average Bonchev–Trinajstić information content (AvgIpc) is 2.85. The van der Waals surface area contributed by atoms with E-state index in [1.165, 1.54) is 4.90 Å². The molecule has 0 aliphatic carbocycles. The second-order valence-corrected chi connectivity index (χ2v) is 8.13. The first kappa shape index (κ1) is 21.4. The molecule has 0 unspecified atom stereocenters. The van der Waals surface area contributed by atoms with Gasteiger partial charge in [0.2, 0.25) is 11.8 Å². The van der Waals surface area contributed by atoms with Crippen LogP contribution in [0, 0.1) is 0 Å². The molecule has 1 fully saturated rings.